The topological polar surface area (TPSA) is 55.4 Å². The number of benzene rings is 1. The lowest BCUT2D eigenvalue weighted by Crippen LogP contribution is -2.33. The Morgan fingerprint density at radius 3 is 2.95 bits per heavy atom. The van der Waals surface area contributed by atoms with Gasteiger partial charge in [0.05, 0.1) is 19.3 Å². The highest BCUT2D eigenvalue weighted by Gasteiger charge is 2.27. The van der Waals surface area contributed by atoms with Crippen molar-refractivity contribution in [1.29, 1.82) is 0 Å². The van der Waals surface area contributed by atoms with Crippen molar-refractivity contribution < 1.29 is 9.47 Å². The van der Waals surface area contributed by atoms with Crippen LogP contribution in [-0.4, -0.2) is 44.4 Å². The van der Waals surface area contributed by atoms with Gasteiger partial charge >= 0.3 is 0 Å². The van der Waals surface area contributed by atoms with E-state index in [9.17, 15) is 0 Å². The molecule has 5 nitrogen and oxygen atoms in total. The van der Waals surface area contributed by atoms with Gasteiger partial charge in [-0.25, -0.2) is 4.98 Å². The number of rotatable bonds is 4. The minimum atomic E-state index is 0.172. The number of nitrogens with one attached hydrogen (secondary N) is 2. The van der Waals surface area contributed by atoms with Crippen LogP contribution < -0.4 is 15.4 Å². The lowest BCUT2D eigenvalue weighted by molar-refractivity contribution is 0.111. The van der Waals surface area contributed by atoms with Crippen LogP contribution in [0.5, 0.6) is 5.75 Å². The first-order valence-corrected chi connectivity index (χ1v) is 6.74. The molecule has 0 amide bonds. The van der Waals surface area contributed by atoms with Crippen LogP contribution in [-0.2, 0) is 4.74 Å². The van der Waals surface area contributed by atoms with E-state index < -0.39 is 0 Å². The molecule has 0 bridgehead atoms. The van der Waals surface area contributed by atoms with Gasteiger partial charge in [-0.3, -0.25) is 0 Å². The van der Waals surface area contributed by atoms with Crippen LogP contribution in [0, 0.1) is 0 Å². The molecule has 2 heterocycles. The predicted octanol–water partition coefficient (Wildman–Crippen LogP) is 1.64. The van der Waals surface area contributed by atoms with Crippen molar-refractivity contribution in [2.24, 2.45) is 0 Å². The third kappa shape index (κ3) is 2.42. The summed E-state index contributed by atoms with van der Waals surface area (Å²) in [5.74, 6) is 1.74. The van der Waals surface area contributed by atoms with Crippen LogP contribution >= 0.6 is 0 Å². The first kappa shape index (κ1) is 13.1. The molecule has 106 valence electrons. The largest absolute Gasteiger partial charge is 0.497 e. The van der Waals surface area contributed by atoms with Crippen LogP contribution in [0.3, 0.4) is 0 Å². The number of ether oxygens (including phenoxy) is 2. The number of aromatic nitrogens is 1. The fourth-order valence-electron chi connectivity index (χ4n) is 2.62. The summed E-state index contributed by atoms with van der Waals surface area (Å²) in [6, 6.07) is 8.23. The first-order chi connectivity index (χ1) is 9.81. The van der Waals surface area contributed by atoms with Crippen LogP contribution in [0.15, 0.2) is 30.5 Å². The Morgan fingerprint density at radius 2 is 2.15 bits per heavy atom. The van der Waals surface area contributed by atoms with Gasteiger partial charge in [0.15, 0.2) is 0 Å². The third-order valence-electron chi connectivity index (χ3n) is 3.76. The van der Waals surface area contributed by atoms with Crippen molar-refractivity contribution in [3.8, 4) is 5.75 Å². The van der Waals surface area contributed by atoms with E-state index in [2.05, 4.69) is 15.6 Å². The van der Waals surface area contributed by atoms with E-state index in [-0.39, 0.29) is 12.1 Å². The second-order valence-electron chi connectivity index (χ2n) is 4.93. The molecule has 5 heteroatoms. The van der Waals surface area contributed by atoms with Crippen LogP contribution in [0.4, 0.5) is 5.82 Å². The van der Waals surface area contributed by atoms with E-state index >= 15 is 0 Å². The molecule has 2 aromatic rings. The molecule has 3 rings (SSSR count). The van der Waals surface area contributed by atoms with Gasteiger partial charge in [0, 0.05) is 31.8 Å². The zero-order chi connectivity index (χ0) is 13.9. The SMILES string of the molecule is COc1ccc2c(NC3CNC[C@@H]3OC)nccc2c1. The Bertz CT molecular complexity index is 603. The predicted molar refractivity (Wildman–Crippen MR) is 79.4 cm³/mol. The second-order valence-corrected chi connectivity index (χ2v) is 4.93. The highest BCUT2D eigenvalue weighted by Crippen LogP contribution is 2.26. The van der Waals surface area contributed by atoms with Crippen molar-refractivity contribution in [2.45, 2.75) is 12.1 Å². The van der Waals surface area contributed by atoms with Crippen molar-refractivity contribution >= 4 is 16.6 Å². The van der Waals surface area contributed by atoms with E-state index in [0.717, 1.165) is 35.4 Å². The van der Waals surface area contributed by atoms with Crippen LogP contribution in [0.2, 0.25) is 0 Å². The molecule has 0 radical (unpaired) electrons. The fraction of sp³-hybridized carbons (Fsp3) is 0.400. The minimum absolute atomic E-state index is 0.172. The molecule has 2 atom stereocenters. The molecule has 0 spiro atoms. The monoisotopic (exact) mass is 273 g/mol. The van der Waals surface area contributed by atoms with Crippen molar-refractivity contribution in [1.82, 2.24) is 10.3 Å². The maximum Gasteiger partial charge on any atom is 0.134 e. The van der Waals surface area contributed by atoms with Crippen molar-refractivity contribution in [3.05, 3.63) is 30.5 Å². The molecule has 1 aromatic heterocycles. The standard InChI is InChI=1S/C15H19N3O2/c1-19-11-3-4-12-10(7-11)5-6-17-15(12)18-13-8-16-9-14(13)20-2/h3-7,13-14,16H,8-9H2,1-2H3,(H,17,18)/t13?,14-/m0/s1. The van der Waals surface area contributed by atoms with Crippen LogP contribution in [0.25, 0.3) is 10.8 Å². The number of fused-ring (bicyclic) bond motifs is 1. The van der Waals surface area contributed by atoms with E-state index in [1.54, 1.807) is 14.2 Å². The molecular weight excluding hydrogens is 254 g/mol. The van der Waals surface area contributed by atoms with Gasteiger partial charge in [0.1, 0.15) is 11.6 Å². The van der Waals surface area contributed by atoms with Gasteiger partial charge in [-0.1, -0.05) is 0 Å². The Hall–Kier alpha value is -1.85. The minimum Gasteiger partial charge on any atom is -0.497 e. The van der Waals surface area contributed by atoms with Crippen molar-refractivity contribution in [3.63, 3.8) is 0 Å². The molecule has 1 saturated heterocycles. The van der Waals surface area contributed by atoms with Gasteiger partial charge in [-0.15, -0.1) is 0 Å². The Labute approximate surface area is 118 Å². The lowest BCUT2D eigenvalue weighted by Gasteiger charge is -2.20. The third-order valence-corrected chi connectivity index (χ3v) is 3.76. The average molecular weight is 273 g/mol. The molecular formula is C15H19N3O2. The Kier molecular flexibility index (Phi) is 3.71. The number of pyridine rings is 1. The molecule has 1 aromatic carbocycles. The van der Waals surface area contributed by atoms with E-state index in [4.69, 9.17) is 9.47 Å². The van der Waals surface area contributed by atoms with Crippen LogP contribution in [0.1, 0.15) is 0 Å². The molecule has 2 N–H and O–H groups in total. The molecule has 1 aliphatic rings. The van der Waals surface area contributed by atoms with Gasteiger partial charge in [0.25, 0.3) is 0 Å². The highest BCUT2D eigenvalue weighted by molar-refractivity contribution is 5.92. The number of anilines is 1. The molecule has 0 saturated carbocycles. The summed E-state index contributed by atoms with van der Waals surface area (Å²) in [6.07, 6.45) is 1.99. The summed E-state index contributed by atoms with van der Waals surface area (Å²) in [7, 11) is 3.42. The summed E-state index contributed by atoms with van der Waals surface area (Å²) in [5.41, 5.74) is 0. The van der Waals surface area contributed by atoms with E-state index in [1.807, 2.05) is 30.5 Å². The number of hydrogen-bond donors (Lipinski definition) is 2. The van der Waals surface area contributed by atoms with Crippen molar-refractivity contribution in [2.75, 3.05) is 32.6 Å². The quantitative estimate of drug-likeness (QED) is 0.887. The summed E-state index contributed by atoms with van der Waals surface area (Å²) < 4.78 is 10.7. The zero-order valence-electron chi connectivity index (χ0n) is 11.7. The van der Waals surface area contributed by atoms with Gasteiger partial charge in [0.2, 0.25) is 0 Å². The van der Waals surface area contributed by atoms with Gasteiger partial charge in [-0.05, 0) is 29.7 Å². The number of nitrogens with zero attached hydrogens (tertiary/aromatic N) is 1. The Balaban J connectivity index is 1.91. The van der Waals surface area contributed by atoms with E-state index in [1.165, 1.54) is 0 Å². The number of hydrogen-bond acceptors (Lipinski definition) is 5. The average Bonchev–Trinajstić information content (AvgIpc) is 2.94. The maximum atomic E-state index is 5.47. The molecule has 1 aliphatic heterocycles. The highest BCUT2D eigenvalue weighted by atomic mass is 16.5. The summed E-state index contributed by atoms with van der Waals surface area (Å²) in [4.78, 5) is 4.46. The summed E-state index contributed by atoms with van der Waals surface area (Å²) >= 11 is 0. The Morgan fingerprint density at radius 1 is 1.25 bits per heavy atom. The van der Waals surface area contributed by atoms with E-state index in [0.29, 0.717) is 0 Å². The normalized spacial score (nSPS) is 22.1. The lowest BCUT2D eigenvalue weighted by atomic mass is 10.1. The van der Waals surface area contributed by atoms with Gasteiger partial charge in [-0.2, -0.15) is 0 Å². The fourth-order valence-corrected chi connectivity index (χ4v) is 2.62. The number of methoxy groups -OCH3 is 2. The maximum absolute atomic E-state index is 5.47. The second kappa shape index (κ2) is 5.64. The van der Waals surface area contributed by atoms with Gasteiger partial charge < -0.3 is 20.1 Å². The summed E-state index contributed by atoms with van der Waals surface area (Å²) in [6.45, 7) is 1.75. The zero-order valence-corrected chi connectivity index (χ0v) is 11.7. The molecule has 0 aliphatic carbocycles. The molecule has 1 unspecified atom stereocenters. The smallest absolute Gasteiger partial charge is 0.134 e. The molecule has 20 heavy (non-hydrogen) atoms. The molecule has 1 fully saturated rings. The first-order valence-electron chi connectivity index (χ1n) is 6.74. The summed E-state index contributed by atoms with van der Waals surface area (Å²) in [5, 5.41) is 9.01.